The van der Waals surface area contributed by atoms with Gasteiger partial charge in [-0.1, -0.05) is 12.1 Å². The summed E-state index contributed by atoms with van der Waals surface area (Å²) in [5, 5.41) is 0. The molecule has 0 saturated heterocycles. The molecule has 0 fully saturated rings. The van der Waals surface area contributed by atoms with E-state index < -0.39 is 41.7 Å². The zero-order chi connectivity index (χ0) is 17.9. The van der Waals surface area contributed by atoms with Crippen LogP contribution in [-0.2, 0) is 4.79 Å². The van der Waals surface area contributed by atoms with Crippen LogP contribution in [0.2, 0.25) is 0 Å². The van der Waals surface area contributed by atoms with Gasteiger partial charge in [-0.15, -0.1) is 0 Å². The van der Waals surface area contributed by atoms with Gasteiger partial charge in [0.2, 0.25) is 5.91 Å². The highest BCUT2D eigenvalue weighted by molar-refractivity contribution is 5.97. The van der Waals surface area contributed by atoms with Crippen molar-refractivity contribution in [3.8, 4) is 0 Å². The van der Waals surface area contributed by atoms with Gasteiger partial charge >= 0.3 is 6.18 Å². The second-order valence-electron chi connectivity index (χ2n) is 5.08. The summed E-state index contributed by atoms with van der Waals surface area (Å²) in [5.41, 5.74) is -0.578. The Bertz CT molecular complexity index is 698. The highest BCUT2D eigenvalue weighted by atomic mass is 19.4. The fourth-order valence-electron chi connectivity index (χ4n) is 2.25. The first-order valence-corrected chi connectivity index (χ1v) is 6.94. The fraction of sp³-hybridized carbons (Fsp3) is 0.250. The van der Waals surface area contributed by atoms with Crippen LogP contribution < -0.4 is 4.90 Å². The molecule has 1 amide bonds. The molecule has 1 heterocycles. The number of nitrogens with zero attached hydrogens (tertiary/aromatic N) is 2. The lowest BCUT2D eigenvalue weighted by Crippen LogP contribution is -2.42. The largest absolute Gasteiger partial charge is 0.406 e. The molecular formula is C16H13F5N2O. The Morgan fingerprint density at radius 3 is 2.25 bits per heavy atom. The predicted molar refractivity (Wildman–Crippen MR) is 77.4 cm³/mol. The van der Waals surface area contributed by atoms with E-state index in [2.05, 4.69) is 4.98 Å². The van der Waals surface area contributed by atoms with Gasteiger partial charge in [0.25, 0.3) is 0 Å². The van der Waals surface area contributed by atoms with Crippen LogP contribution >= 0.6 is 0 Å². The molecular weight excluding hydrogens is 331 g/mol. The molecule has 0 aliphatic rings. The lowest BCUT2D eigenvalue weighted by molar-refractivity contribution is -0.133. The number of aromatic nitrogens is 1. The number of benzene rings is 1. The van der Waals surface area contributed by atoms with Gasteiger partial charge in [0, 0.05) is 11.8 Å². The summed E-state index contributed by atoms with van der Waals surface area (Å²) in [4.78, 5) is 16.6. The molecule has 0 aliphatic carbocycles. The van der Waals surface area contributed by atoms with Gasteiger partial charge in [0.15, 0.2) is 0 Å². The number of carbonyl (C=O) groups is 1. The maximum absolute atomic E-state index is 13.8. The normalized spacial score (nSPS) is 12.8. The highest BCUT2D eigenvalue weighted by Crippen LogP contribution is 2.28. The number of hydrogen-bond acceptors (Lipinski definition) is 2. The molecule has 0 bridgehead atoms. The highest BCUT2D eigenvalue weighted by Gasteiger charge is 2.37. The molecule has 1 unspecified atom stereocenters. The summed E-state index contributed by atoms with van der Waals surface area (Å²) in [7, 11) is 0. The molecule has 1 aromatic carbocycles. The quantitative estimate of drug-likeness (QED) is 0.784. The third-order valence-corrected chi connectivity index (χ3v) is 3.33. The Labute approximate surface area is 134 Å². The van der Waals surface area contributed by atoms with Crippen molar-refractivity contribution < 1.29 is 26.7 Å². The molecule has 1 atom stereocenters. The summed E-state index contributed by atoms with van der Waals surface area (Å²) < 4.78 is 66.1. The first-order valence-electron chi connectivity index (χ1n) is 6.94. The van der Waals surface area contributed by atoms with Crippen LogP contribution in [0, 0.1) is 11.6 Å². The topological polar surface area (TPSA) is 33.2 Å². The molecule has 2 aromatic rings. The Morgan fingerprint density at radius 1 is 1.12 bits per heavy atom. The molecule has 0 spiro atoms. The Kier molecular flexibility index (Phi) is 5.16. The summed E-state index contributed by atoms with van der Waals surface area (Å²) >= 11 is 0. The van der Waals surface area contributed by atoms with E-state index in [0.717, 1.165) is 25.1 Å². The lowest BCUT2D eigenvalue weighted by atomic mass is 9.98. The number of hydrogen-bond donors (Lipinski definition) is 0. The zero-order valence-electron chi connectivity index (χ0n) is 12.5. The van der Waals surface area contributed by atoms with Gasteiger partial charge in [-0.3, -0.25) is 9.69 Å². The average Bonchev–Trinajstić information content (AvgIpc) is 2.51. The van der Waals surface area contributed by atoms with Crippen LogP contribution in [0.1, 0.15) is 18.4 Å². The predicted octanol–water partition coefficient (Wildman–Crippen LogP) is 4.06. The molecule has 128 valence electrons. The van der Waals surface area contributed by atoms with Gasteiger partial charge in [0.05, 0.1) is 5.92 Å². The van der Waals surface area contributed by atoms with E-state index in [1.807, 2.05) is 0 Å². The minimum absolute atomic E-state index is 0.247. The van der Waals surface area contributed by atoms with Gasteiger partial charge in [-0.2, -0.15) is 13.2 Å². The number of alkyl halides is 3. The fourth-order valence-corrected chi connectivity index (χ4v) is 2.25. The number of halogens is 5. The van der Waals surface area contributed by atoms with E-state index in [1.54, 1.807) is 0 Å². The molecule has 1 aromatic heterocycles. The summed E-state index contributed by atoms with van der Waals surface area (Å²) in [5.74, 6) is -4.79. The molecule has 0 saturated carbocycles. The van der Waals surface area contributed by atoms with Crippen molar-refractivity contribution in [2.75, 3.05) is 11.4 Å². The lowest BCUT2D eigenvalue weighted by Gasteiger charge is -2.26. The van der Waals surface area contributed by atoms with Crippen molar-refractivity contribution in [2.24, 2.45) is 0 Å². The number of pyridine rings is 1. The van der Waals surface area contributed by atoms with E-state index in [4.69, 9.17) is 0 Å². The summed E-state index contributed by atoms with van der Waals surface area (Å²) in [6.07, 6.45) is -3.47. The first kappa shape index (κ1) is 17.8. The van der Waals surface area contributed by atoms with Crippen molar-refractivity contribution in [3.63, 3.8) is 0 Å². The third-order valence-electron chi connectivity index (χ3n) is 3.33. The first-order chi connectivity index (χ1) is 11.2. The van der Waals surface area contributed by atoms with Crippen molar-refractivity contribution in [1.82, 2.24) is 4.98 Å². The third kappa shape index (κ3) is 4.06. The maximum Gasteiger partial charge on any atom is 0.406 e. The average molecular weight is 344 g/mol. The standard InChI is InChI=1S/C16H13F5N2O/c1-10(14-11(17)5-4-6-12(14)18)15(24)23(9-16(19,20)21)13-7-2-3-8-22-13/h2-8,10H,9H2,1H3. The van der Waals surface area contributed by atoms with Crippen LogP contribution in [-0.4, -0.2) is 23.6 Å². The SMILES string of the molecule is CC(C(=O)N(CC(F)(F)F)c1ccccn1)c1c(F)cccc1F. The minimum atomic E-state index is -4.69. The van der Waals surface area contributed by atoms with E-state index in [1.165, 1.54) is 24.4 Å². The molecule has 8 heteroatoms. The van der Waals surface area contributed by atoms with Crippen molar-refractivity contribution in [3.05, 3.63) is 59.8 Å². The van der Waals surface area contributed by atoms with Crippen molar-refractivity contribution in [2.45, 2.75) is 19.0 Å². The Hall–Kier alpha value is -2.51. The van der Waals surface area contributed by atoms with E-state index >= 15 is 0 Å². The second-order valence-corrected chi connectivity index (χ2v) is 5.08. The number of rotatable bonds is 4. The number of carbonyl (C=O) groups excluding carboxylic acids is 1. The van der Waals surface area contributed by atoms with Crippen molar-refractivity contribution in [1.29, 1.82) is 0 Å². The monoisotopic (exact) mass is 344 g/mol. The summed E-state index contributed by atoms with van der Waals surface area (Å²) in [6.45, 7) is -0.459. The molecule has 3 nitrogen and oxygen atoms in total. The van der Waals surface area contributed by atoms with Gasteiger partial charge in [-0.05, 0) is 31.2 Å². The smallest absolute Gasteiger partial charge is 0.287 e. The van der Waals surface area contributed by atoms with Crippen molar-refractivity contribution >= 4 is 11.7 Å². The maximum atomic E-state index is 13.8. The Morgan fingerprint density at radius 2 is 1.75 bits per heavy atom. The second kappa shape index (κ2) is 6.94. The van der Waals surface area contributed by atoms with Gasteiger partial charge in [0.1, 0.15) is 24.0 Å². The van der Waals surface area contributed by atoms with E-state index in [9.17, 15) is 26.7 Å². The molecule has 0 N–H and O–H groups in total. The van der Waals surface area contributed by atoms with Crippen LogP contribution in [0.4, 0.5) is 27.8 Å². The molecule has 0 radical (unpaired) electrons. The molecule has 0 aliphatic heterocycles. The molecule has 2 rings (SSSR count). The van der Waals surface area contributed by atoms with E-state index in [-0.39, 0.29) is 5.82 Å². The minimum Gasteiger partial charge on any atom is -0.287 e. The van der Waals surface area contributed by atoms with Crippen LogP contribution in [0.25, 0.3) is 0 Å². The number of amides is 1. The van der Waals surface area contributed by atoms with Crippen LogP contribution in [0.3, 0.4) is 0 Å². The Balaban J connectivity index is 2.41. The van der Waals surface area contributed by atoms with Crippen LogP contribution in [0.5, 0.6) is 0 Å². The van der Waals surface area contributed by atoms with E-state index in [0.29, 0.717) is 4.90 Å². The summed E-state index contributed by atoms with van der Waals surface area (Å²) in [6, 6.07) is 7.09. The zero-order valence-corrected chi connectivity index (χ0v) is 12.5. The van der Waals surface area contributed by atoms with Gasteiger partial charge in [-0.25, -0.2) is 13.8 Å². The number of anilines is 1. The van der Waals surface area contributed by atoms with Gasteiger partial charge < -0.3 is 0 Å². The molecule has 24 heavy (non-hydrogen) atoms. The van der Waals surface area contributed by atoms with Crippen LogP contribution in [0.15, 0.2) is 42.6 Å².